The van der Waals surface area contributed by atoms with Gasteiger partial charge in [0.2, 0.25) is 0 Å². The Morgan fingerprint density at radius 3 is 2.50 bits per heavy atom. The number of anilines is 1. The molecule has 0 amide bonds. The van der Waals surface area contributed by atoms with Gasteiger partial charge in [0, 0.05) is 24.9 Å². The Morgan fingerprint density at radius 1 is 1.10 bits per heavy atom. The zero-order valence-electron chi connectivity index (χ0n) is 17.1. The number of benzene rings is 2. The van der Waals surface area contributed by atoms with Gasteiger partial charge in [-0.25, -0.2) is 17.8 Å². The molecule has 4 rings (SSSR count). The third kappa shape index (κ3) is 4.27. The molecule has 3 aromatic rings. The van der Waals surface area contributed by atoms with E-state index in [-0.39, 0.29) is 4.90 Å². The summed E-state index contributed by atoms with van der Waals surface area (Å²) in [5.41, 5.74) is 4.92. The van der Waals surface area contributed by atoms with Crippen molar-refractivity contribution in [2.45, 2.75) is 43.3 Å². The van der Waals surface area contributed by atoms with Crippen molar-refractivity contribution in [3.8, 4) is 0 Å². The van der Waals surface area contributed by atoms with Crippen LogP contribution in [0.2, 0.25) is 0 Å². The van der Waals surface area contributed by atoms with E-state index in [9.17, 15) is 12.8 Å². The zero-order valence-corrected chi connectivity index (χ0v) is 18.8. The molecule has 1 fully saturated rings. The Hall–Kier alpha value is -2.25. The molecule has 1 aromatic heterocycles. The number of rotatable bonds is 5. The first kappa shape index (κ1) is 21.0. The standard InChI is InChI=1S/C23H25FN2O2S2/c1-16-4-3-5-18(17(16)2)14-20-15-29-23(25-20)26-12-10-22(11-13-26)30(27,28)21-8-6-19(24)7-9-21/h3-9,15,22H,10-14H2,1-2H3. The summed E-state index contributed by atoms with van der Waals surface area (Å²) in [6.45, 7) is 5.57. The smallest absolute Gasteiger partial charge is 0.185 e. The summed E-state index contributed by atoms with van der Waals surface area (Å²) in [4.78, 5) is 7.18. The maximum atomic E-state index is 13.1. The molecule has 0 saturated carbocycles. The maximum Gasteiger partial charge on any atom is 0.185 e. The molecule has 0 aliphatic carbocycles. The Morgan fingerprint density at radius 2 is 1.80 bits per heavy atom. The zero-order chi connectivity index (χ0) is 21.3. The third-order valence-electron chi connectivity index (χ3n) is 5.92. The fourth-order valence-corrected chi connectivity index (χ4v) is 6.51. The van der Waals surface area contributed by atoms with Crippen molar-refractivity contribution in [2.24, 2.45) is 0 Å². The van der Waals surface area contributed by atoms with E-state index in [1.807, 2.05) is 0 Å². The summed E-state index contributed by atoms with van der Waals surface area (Å²) < 4.78 is 38.8. The molecule has 0 spiro atoms. The number of piperidine rings is 1. The van der Waals surface area contributed by atoms with Crippen molar-refractivity contribution in [1.82, 2.24) is 4.98 Å². The largest absolute Gasteiger partial charge is 0.348 e. The lowest BCUT2D eigenvalue weighted by Crippen LogP contribution is -2.39. The van der Waals surface area contributed by atoms with E-state index in [0.29, 0.717) is 25.9 Å². The van der Waals surface area contributed by atoms with Crippen LogP contribution in [0.4, 0.5) is 9.52 Å². The van der Waals surface area contributed by atoms with E-state index in [0.717, 1.165) is 17.2 Å². The highest BCUT2D eigenvalue weighted by Crippen LogP contribution is 2.30. The van der Waals surface area contributed by atoms with Gasteiger partial charge in [-0.05, 0) is 67.6 Å². The molecule has 0 radical (unpaired) electrons. The highest BCUT2D eigenvalue weighted by atomic mass is 32.2. The maximum absolute atomic E-state index is 13.1. The van der Waals surface area contributed by atoms with Crippen LogP contribution < -0.4 is 4.90 Å². The Kier molecular flexibility index (Phi) is 5.93. The number of hydrogen-bond donors (Lipinski definition) is 0. The van der Waals surface area contributed by atoms with Crippen molar-refractivity contribution in [1.29, 1.82) is 0 Å². The number of halogens is 1. The van der Waals surface area contributed by atoms with Crippen LogP contribution in [0.5, 0.6) is 0 Å². The van der Waals surface area contributed by atoms with E-state index in [1.165, 1.54) is 41.0 Å². The predicted molar refractivity (Wildman–Crippen MR) is 120 cm³/mol. The van der Waals surface area contributed by atoms with E-state index in [2.05, 4.69) is 42.3 Å². The molecular formula is C23H25FN2O2S2. The quantitative estimate of drug-likeness (QED) is 0.524. The van der Waals surface area contributed by atoms with E-state index in [1.54, 1.807) is 11.3 Å². The summed E-state index contributed by atoms with van der Waals surface area (Å²) in [6.07, 6.45) is 1.90. The van der Waals surface area contributed by atoms with Gasteiger partial charge >= 0.3 is 0 Å². The van der Waals surface area contributed by atoms with Crippen LogP contribution in [0.15, 0.2) is 52.7 Å². The number of aryl methyl sites for hydroxylation is 1. The number of sulfone groups is 1. The monoisotopic (exact) mass is 444 g/mol. The summed E-state index contributed by atoms with van der Waals surface area (Å²) in [7, 11) is -3.44. The molecule has 2 aromatic carbocycles. The first-order valence-electron chi connectivity index (χ1n) is 10.1. The normalized spacial score (nSPS) is 15.5. The van der Waals surface area contributed by atoms with Crippen molar-refractivity contribution < 1.29 is 12.8 Å². The molecule has 0 N–H and O–H groups in total. The fourth-order valence-electron chi connectivity index (χ4n) is 3.90. The fraction of sp³-hybridized carbons (Fsp3) is 0.348. The van der Waals surface area contributed by atoms with Crippen molar-refractivity contribution in [3.05, 3.63) is 76.0 Å². The molecule has 30 heavy (non-hydrogen) atoms. The molecule has 1 aliphatic rings. The molecule has 1 aliphatic heterocycles. The van der Waals surface area contributed by atoms with Gasteiger partial charge in [-0.2, -0.15) is 0 Å². The minimum absolute atomic E-state index is 0.201. The first-order chi connectivity index (χ1) is 14.3. The number of aromatic nitrogens is 1. The van der Waals surface area contributed by atoms with Gasteiger partial charge in [-0.15, -0.1) is 11.3 Å². The van der Waals surface area contributed by atoms with Gasteiger partial charge in [0.25, 0.3) is 0 Å². The van der Waals surface area contributed by atoms with Crippen LogP contribution in [0.25, 0.3) is 0 Å². The molecule has 1 saturated heterocycles. The molecule has 2 heterocycles. The SMILES string of the molecule is Cc1cccc(Cc2csc(N3CCC(S(=O)(=O)c4ccc(F)cc4)CC3)n2)c1C. The number of nitrogens with zero attached hydrogens (tertiary/aromatic N) is 2. The lowest BCUT2D eigenvalue weighted by Gasteiger charge is -2.31. The van der Waals surface area contributed by atoms with Crippen LogP contribution >= 0.6 is 11.3 Å². The second kappa shape index (κ2) is 8.47. The first-order valence-corrected chi connectivity index (χ1v) is 12.5. The van der Waals surface area contributed by atoms with Crippen LogP contribution in [-0.4, -0.2) is 31.7 Å². The molecule has 0 bridgehead atoms. The second-order valence-corrected chi connectivity index (χ2v) is 10.9. The molecule has 0 atom stereocenters. The highest BCUT2D eigenvalue weighted by molar-refractivity contribution is 7.92. The van der Waals surface area contributed by atoms with Crippen molar-refractivity contribution in [2.75, 3.05) is 18.0 Å². The average molecular weight is 445 g/mol. The number of thiazole rings is 1. The van der Waals surface area contributed by atoms with Gasteiger partial charge < -0.3 is 4.90 Å². The van der Waals surface area contributed by atoms with Gasteiger partial charge in [0.05, 0.1) is 15.8 Å². The van der Waals surface area contributed by atoms with Crippen LogP contribution in [-0.2, 0) is 16.3 Å². The Balaban J connectivity index is 1.41. The van der Waals surface area contributed by atoms with Gasteiger partial charge in [-0.1, -0.05) is 18.2 Å². The number of hydrogen-bond acceptors (Lipinski definition) is 5. The Labute approximate surface area is 181 Å². The average Bonchev–Trinajstić information content (AvgIpc) is 3.20. The van der Waals surface area contributed by atoms with E-state index < -0.39 is 20.9 Å². The lowest BCUT2D eigenvalue weighted by atomic mass is 10.0. The van der Waals surface area contributed by atoms with Crippen LogP contribution in [0.1, 0.15) is 35.2 Å². The summed E-state index contributed by atoms with van der Waals surface area (Å²) in [5, 5.41) is 2.61. The van der Waals surface area contributed by atoms with Crippen molar-refractivity contribution >= 4 is 26.3 Å². The minimum Gasteiger partial charge on any atom is -0.348 e. The van der Waals surface area contributed by atoms with Crippen LogP contribution in [0.3, 0.4) is 0 Å². The lowest BCUT2D eigenvalue weighted by molar-refractivity contribution is 0.529. The van der Waals surface area contributed by atoms with Crippen molar-refractivity contribution in [3.63, 3.8) is 0 Å². The summed E-state index contributed by atoms with van der Waals surface area (Å²) in [6, 6.07) is 11.5. The van der Waals surface area contributed by atoms with Crippen LogP contribution in [0, 0.1) is 19.7 Å². The van der Waals surface area contributed by atoms with E-state index >= 15 is 0 Å². The minimum atomic E-state index is -3.44. The second-order valence-electron chi connectivity index (χ2n) is 7.84. The van der Waals surface area contributed by atoms with Gasteiger partial charge in [0.15, 0.2) is 15.0 Å². The summed E-state index contributed by atoms with van der Waals surface area (Å²) >= 11 is 1.62. The molecule has 158 valence electrons. The Bertz CT molecular complexity index is 1130. The third-order valence-corrected chi connectivity index (χ3v) is 9.15. The van der Waals surface area contributed by atoms with Gasteiger partial charge in [-0.3, -0.25) is 0 Å². The predicted octanol–water partition coefficient (Wildman–Crippen LogP) is 4.93. The highest BCUT2D eigenvalue weighted by Gasteiger charge is 2.32. The molecule has 7 heteroatoms. The van der Waals surface area contributed by atoms with E-state index in [4.69, 9.17) is 4.98 Å². The molecular weight excluding hydrogens is 419 g/mol. The topological polar surface area (TPSA) is 50.3 Å². The van der Waals surface area contributed by atoms with Gasteiger partial charge in [0.1, 0.15) is 5.82 Å². The molecule has 0 unspecified atom stereocenters. The molecule has 4 nitrogen and oxygen atoms in total. The summed E-state index contributed by atoms with van der Waals surface area (Å²) in [5.74, 6) is -0.427.